The molecule has 0 aromatic heterocycles. The third-order valence-electron chi connectivity index (χ3n) is 3.32. The smallest absolute Gasteiger partial charge is 0.331 e. The van der Waals surface area contributed by atoms with Gasteiger partial charge in [-0.1, -0.05) is 30.3 Å². The maximum atomic E-state index is 12.3. The van der Waals surface area contributed by atoms with Gasteiger partial charge < -0.3 is 9.47 Å². The van der Waals surface area contributed by atoms with Gasteiger partial charge in [0.25, 0.3) is 0 Å². The van der Waals surface area contributed by atoms with Gasteiger partial charge in [-0.05, 0) is 32.3 Å². The van der Waals surface area contributed by atoms with Crippen LogP contribution in [0.15, 0.2) is 30.3 Å². The zero-order valence-corrected chi connectivity index (χ0v) is 13.0. The minimum Gasteiger partial charge on any atom is -0.466 e. The van der Waals surface area contributed by atoms with Crippen LogP contribution in [0.4, 0.5) is 0 Å². The molecule has 0 aliphatic rings. The SMILES string of the molecule is CCOC(=O)CCCC(C#N)(C(=O)OCC)c1ccccc1. The highest BCUT2D eigenvalue weighted by Gasteiger charge is 2.41. The van der Waals surface area contributed by atoms with Crippen LogP contribution in [0.2, 0.25) is 0 Å². The third-order valence-corrected chi connectivity index (χ3v) is 3.32. The van der Waals surface area contributed by atoms with Crippen molar-refractivity contribution in [2.75, 3.05) is 13.2 Å². The maximum absolute atomic E-state index is 12.3. The lowest BCUT2D eigenvalue weighted by Gasteiger charge is -2.24. The monoisotopic (exact) mass is 303 g/mol. The molecule has 1 atom stereocenters. The first kappa shape index (κ1) is 17.7. The lowest BCUT2D eigenvalue weighted by atomic mass is 9.77. The Hall–Kier alpha value is -2.35. The van der Waals surface area contributed by atoms with Gasteiger partial charge >= 0.3 is 11.9 Å². The van der Waals surface area contributed by atoms with Crippen molar-refractivity contribution in [3.05, 3.63) is 35.9 Å². The van der Waals surface area contributed by atoms with E-state index in [0.29, 0.717) is 18.6 Å². The summed E-state index contributed by atoms with van der Waals surface area (Å²) in [4.78, 5) is 23.8. The van der Waals surface area contributed by atoms with Gasteiger partial charge in [-0.25, -0.2) is 4.79 Å². The molecule has 1 aromatic carbocycles. The van der Waals surface area contributed by atoms with Gasteiger partial charge in [-0.2, -0.15) is 5.26 Å². The van der Waals surface area contributed by atoms with Crippen molar-refractivity contribution in [3.8, 4) is 6.07 Å². The van der Waals surface area contributed by atoms with Gasteiger partial charge in [0.1, 0.15) is 0 Å². The van der Waals surface area contributed by atoms with Crippen LogP contribution in [-0.2, 0) is 24.5 Å². The van der Waals surface area contributed by atoms with Gasteiger partial charge in [0.2, 0.25) is 0 Å². The summed E-state index contributed by atoms with van der Waals surface area (Å²) in [5.74, 6) is -0.904. The highest BCUT2D eigenvalue weighted by atomic mass is 16.5. The molecule has 5 nitrogen and oxygen atoms in total. The van der Waals surface area contributed by atoms with E-state index in [0.717, 1.165) is 0 Å². The molecule has 1 unspecified atom stereocenters. The number of ether oxygens (including phenoxy) is 2. The predicted octanol–water partition coefficient (Wildman–Crippen LogP) is 2.74. The Morgan fingerprint density at radius 2 is 1.77 bits per heavy atom. The Morgan fingerprint density at radius 3 is 2.32 bits per heavy atom. The largest absolute Gasteiger partial charge is 0.466 e. The quantitative estimate of drug-likeness (QED) is 0.690. The molecule has 0 amide bonds. The first-order chi connectivity index (χ1) is 10.6. The molecule has 0 saturated carbocycles. The Kier molecular flexibility index (Phi) is 7.11. The van der Waals surface area contributed by atoms with Crippen LogP contribution >= 0.6 is 0 Å². The second kappa shape index (κ2) is 8.83. The molecule has 0 heterocycles. The fourth-order valence-electron chi connectivity index (χ4n) is 2.24. The summed E-state index contributed by atoms with van der Waals surface area (Å²) in [6, 6.07) is 10.9. The Balaban J connectivity index is 2.94. The fourth-order valence-corrected chi connectivity index (χ4v) is 2.24. The topological polar surface area (TPSA) is 76.4 Å². The van der Waals surface area contributed by atoms with E-state index in [1.165, 1.54) is 0 Å². The van der Waals surface area contributed by atoms with Crippen molar-refractivity contribution in [1.29, 1.82) is 5.26 Å². The van der Waals surface area contributed by atoms with E-state index in [-0.39, 0.29) is 25.4 Å². The highest BCUT2D eigenvalue weighted by molar-refractivity contribution is 5.86. The standard InChI is InChI=1S/C17H21NO4/c1-3-21-15(19)11-8-12-17(13-18,16(20)22-4-2)14-9-6-5-7-10-14/h5-7,9-10H,3-4,8,11-12H2,1-2H3. The van der Waals surface area contributed by atoms with E-state index >= 15 is 0 Å². The second-order valence-corrected chi connectivity index (χ2v) is 4.76. The predicted molar refractivity (Wildman–Crippen MR) is 80.9 cm³/mol. The maximum Gasteiger partial charge on any atom is 0.331 e. The Morgan fingerprint density at radius 1 is 1.14 bits per heavy atom. The molecule has 0 N–H and O–H groups in total. The number of carbonyl (C=O) groups is 2. The van der Waals surface area contributed by atoms with Crippen LogP contribution in [0, 0.1) is 11.3 Å². The van der Waals surface area contributed by atoms with Crippen molar-refractivity contribution < 1.29 is 19.1 Å². The molecule has 0 spiro atoms. The number of nitrogens with zero attached hydrogens (tertiary/aromatic N) is 1. The molecule has 22 heavy (non-hydrogen) atoms. The van der Waals surface area contributed by atoms with Crippen LogP contribution in [0.1, 0.15) is 38.7 Å². The van der Waals surface area contributed by atoms with Gasteiger partial charge in [0, 0.05) is 6.42 Å². The zero-order valence-electron chi connectivity index (χ0n) is 13.0. The van der Waals surface area contributed by atoms with E-state index in [1.54, 1.807) is 38.1 Å². The molecule has 5 heteroatoms. The van der Waals surface area contributed by atoms with E-state index in [2.05, 4.69) is 6.07 Å². The van der Waals surface area contributed by atoms with Gasteiger partial charge in [-0.3, -0.25) is 4.79 Å². The number of hydrogen-bond donors (Lipinski definition) is 0. The number of carbonyl (C=O) groups excluding carboxylic acids is 2. The molecule has 1 aromatic rings. The van der Waals surface area contributed by atoms with E-state index in [4.69, 9.17) is 9.47 Å². The number of nitriles is 1. The van der Waals surface area contributed by atoms with E-state index in [1.807, 2.05) is 6.07 Å². The van der Waals surface area contributed by atoms with Crippen molar-refractivity contribution in [2.45, 2.75) is 38.5 Å². The third kappa shape index (κ3) is 4.32. The molecule has 0 radical (unpaired) electrons. The Labute approximate surface area is 130 Å². The molecule has 0 aliphatic heterocycles. The van der Waals surface area contributed by atoms with Crippen LogP contribution < -0.4 is 0 Å². The molecule has 0 fully saturated rings. The van der Waals surface area contributed by atoms with Crippen LogP contribution in [0.3, 0.4) is 0 Å². The number of hydrogen-bond acceptors (Lipinski definition) is 5. The second-order valence-electron chi connectivity index (χ2n) is 4.76. The molecule has 0 aliphatic carbocycles. The number of benzene rings is 1. The van der Waals surface area contributed by atoms with Crippen LogP contribution in [-0.4, -0.2) is 25.2 Å². The average molecular weight is 303 g/mol. The lowest BCUT2D eigenvalue weighted by molar-refractivity contribution is -0.149. The van der Waals surface area contributed by atoms with Gasteiger partial charge in [-0.15, -0.1) is 0 Å². The molecule has 0 bridgehead atoms. The van der Waals surface area contributed by atoms with Gasteiger partial charge in [0.05, 0.1) is 19.3 Å². The fraction of sp³-hybridized carbons (Fsp3) is 0.471. The summed E-state index contributed by atoms with van der Waals surface area (Å²) in [7, 11) is 0. The molecule has 1 rings (SSSR count). The summed E-state index contributed by atoms with van der Waals surface area (Å²) in [5.41, 5.74) is -0.802. The number of esters is 2. The van der Waals surface area contributed by atoms with Crippen LogP contribution in [0.25, 0.3) is 0 Å². The summed E-state index contributed by atoms with van der Waals surface area (Å²) in [5, 5.41) is 9.63. The lowest BCUT2D eigenvalue weighted by Crippen LogP contribution is -2.36. The normalized spacial score (nSPS) is 12.8. The summed E-state index contributed by atoms with van der Waals surface area (Å²) in [6.45, 7) is 3.95. The molecule has 118 valence electrons. The highest BCUT2D eigenvalue weighted by Crippen LogP contribution is 2.31. The average Bonchev–Trinajstić information content (AvgIpc) is 2.53. The molecular weight excluding hydrogens is 282 g/mol. The number of rotatable bonds is 8. The van der Waals surface area contributed by atoms with Crippen LogP contribution in [0.5, 0.6) is 0 Å². The molecular formula is C17H21NO4. The Bertz CT molecular complexity index is 535. The minimum atomic E-state index is -1.39. The molecule has 0 saturated heterocycles. The van der Waals surface area contributed by atoms with Crippen molar-refractivity contribution in [2.24, 2.45) is 0 Å². The minimum absolute atomic E-state index is 0.170. The van der Waals surface area contributed by atoms with Crippen molar-refractivity contribution >= 4 is 11.9 Å². The van der Waals surface area contributed by atoms with E-state index < -0.39 is 11.4 Å². The van der Waals surface area contributed by atoms with Gasteiger partial charge in [0.15, 0.2) is 5.41 Å². The van der Waals surface area contributed by atoms with E-state index in [9.17, 15) is 14.9 Å². The summed E-state index contributed by atoms with van der Waals surface area (Å²) >= 11 is 0. The van der Waals surface area contributed by atoms with Crippen molar-refractivity contribution in [3.63, 3.8) is 0 Å². The summed E-state index contributed by atoms with van der Waals surface area (Å²) in [6.07, 6.45) is 0.759. The first-order valence-corrected chi connectivity index (χ1v) is 7.40. The summed E-state index contributed by atoms with van der Waals surface area (Å²) < 4.78 is 9.95. The zero-order chi connectivity index (χ0) is 16.4. The van der Waals surface area contributed by atoms with Crippen molar-refractivity contribution in [1.82, 2.24) is 0 Å². The first-order valence-electron chi connectivity index (χ1n) is 7.40.